The molecule has 2 aromatic carbocycles. The quantitative estimate of drug-likeness (QED) is 0.676. The van der Waals surface area contributed by atoms with E-state index >= 15 is 0 Å². The average Bonchev–Trinajstić information content (AvgIpc) is 2.33. The number of para-hydroxylation sites is 1. The van der Waals surface area contributed by atoms with E-state index in [9.17, 15) is 18.9 Å². The lowest BCUT2D eigenvalue weighted by atomic mass is 10.2. The van der Waals surface area contributed by atoms with Crippen molar-refractivity contribution in [1.82, 2.24) is 0 Å². The van der Waals surface area contributed by atoms with Crippen molar-refractivity contribution in [2.45, 2.75) is 0 Å². The smallest absolute Gasteiger partial charge is 0.327 e. The largest absolute Gasteiger partial charge is 0.347 e. The predicted octanol–water partition coefficient (Wildman–Crippen LogP) is 4.27. The van der Waals surface area contributed by atoms with Crippen LogP contribution in [0.4, 0.5) is 25.8 Å². The maximum atomic E-state index is 13.5. The van der Waals surface area contributed by atoms with Crippen LogP contribution < -0.4 is 5.32 Å². The van der Waals surface area contributed by atoms with Crippen molar-refractivity contribution in [3.8, 4) is 0 Å². The van der Waals surface area contributed by atoms with E-state index in [-0.39, 0.29) is 16.4 Å². The van der Waals surface area contributed by atoms with Gasteiger partial charge in [-0.3, -0.25) is 10.1 Å². The highest BCUT2D eigenvalue weighted by Gasteiger charge is 2.20. The first kappa shape index (κ1) is 13.2. The molecule has 0 aromatic heterocycles. The molecule has 0 saturated carbocycles. The lowest BCUT2D eigenvalue weighted by Gasteiger charge is -2.08. The van der Waals surface area contributed by atoms with Crippen molar-refractivity contribution >= 4 is 28.7 Å². The lowest BCUT2D eigenvalue weighted by molar-refractivity contribution is -0.386. The molecule has 0 heterocycles. The Morgan fingerprint density at radius 3 is 2.53 bits per heavy atom. The fourth-order valence-electron chi connectivity index (χ4n) is 1.54. The molecule has 0 atom stereocenters. The Morgan fingerprint density at radius 1 is 1.11 bits per heavy atom. The van der Waals surface area contributed by atoms with Crippen molar-refractivity contribution in [1.29, 1.82) is 0 Å². The molecule has 1 N–H and O–H groups in total. The molecule has 98 valence electrons. The second kappa shape index (κ2) is 5.19. The van der Waals surface area contributed by atoms with Gasteiger partial charge < -0.3 is 5.32 Å². The van der Waals surface area contributed by atoms with Gasteiger partial charge >= 0.3 is 5.69 Å². The zero-order valence-electron chi connectivity index (χ0n) is 9.36. The minimum atomic E-state index is -1.00. The first-order chi connectivity index (χ1) is 8.99. The van der Waals surface area contributed by atoms with E-state index < -0.39 is 22.2 Å². The second-order valence-electron chi connectivity index (χ2n) is 3.64. The molecule has 0 unspecified atom stereocenters. The van der Waals surface area contributed by atoms with E-state index in [1.165, 1.54) is 24.3 Å². The van der Waals surface area contributed by atoms with Crippen LogP contribution >= 0.6 is 11.6 Å². The number of hydrogen-bond acceptors (Lipinski definition) is 3. The Hall–Kier alpha value is -2.21. The molecule has 0 bridgehead atoms. The summed E-state index contributed by atoms with van der Waals surface area (Å²) >= 11 is 5.70. The van der Waals surface area contributed by atoms with Crippen molar-refractivity contribution in [2.24, 2.45) is 0 Å². The number of nitro benzene ring substituents is 1. The summed E-state index contributed by atoms with van der Waals surface area (Å²) in [4.78, 5) is 9.92. The van der Waals surface area contributed by atoms with Gasteiger partial charge in [0.1, 0.15) is 11.5 Å². The van der Waals surface area contributed by atoms with Gasteiger partial charge in [0.25, 0.3) is 0 Å². The third-order valence-corrected chi connectivity index (χ3v) is 2.60. The number of nitro groups is 1. The van der Waals surface area contributed by atoms with E-state index in [1.807, 2.05) is 0 Å². The van der Waals surface area contributed by atoms with E-state index in [0.717, 1.165) is 12.1 Å². The molecule has 2 aromatic rings. The van der Waals surface area contributed by atoms with Gasteiger partial charge in [0.15, 0.2) is 0 Å². The van der Waals surface area contributed by atoms with Gasteiger partial charge in [-0.05, 0) is 30.3 Å². The Kier molecular flexibility index (Phi) is 3.62. The van der Waals surface area contributed by atoms with Crippen LogP contribution in [-0.4, -0.2) is 4.92 Å². The second-order valence-corrected chi connectivity index (χ2v) is 4.08. The SMILES string of the molecule is O=[N+]([O-])c1c(F)cccc1Nc1cc(Cl)ccc1F. The van der Waals surface area contributed by atoms with Crippen LogP contribution in [0.25, 0.3) is 0 Å². The molecule has 0 amide bonds. The van der Waals surface area contributed by atoms with Crippen LogP contribution in [0.5, 0.6) is 0 Å². The summed E-state index contributed by atoms with van der Waals surface area (Å²) in [6.07, 6.45) is 0. The van der Waals surface area contributed by atoms with Crippen LogP contribution in [0.15, 0.2) is 36.4 Å². The van der Waals surface area contributed by atoms with Crippen LogP contribution in [0, 0.1) is 21.7 Å². The molecule has 19 heavy (non-hydrogen) atoms. The first-order valence-corrected chi connectivity index (χ1v) is 5.52. The topological polar surface area (TPSA) is 55.2 Å². The summed E-state index contributed by atoms with van der Waals surface area (Å²) in [5, 5.41) is 13.5. The normalized spacial score (nSPS) is 10.3. The van der Waals surface area contributed by atoms with Gasteiger partial charge in [0, 0.05) is 5.02 Å². The Balaban J connectivity index is 2.46. The molecule has 7 heteroatoms. The molecule has 4 nitrogen and oxygen atoms in total. The van der Waals surface area contributed by atoms with Gasteiger partial charge in [-0.2, -0.15) is 4.39 Å². The highest BCUT2D eigenvalue weighted by molar-refractivity contribution is 6.30. The number of halogens is 3. The highest BCUT2D eigenvalue weighted by Crippen LogP contribution is 2.31. The van der Waals surface area contributed by atoms with Gasteiger partial charge in [0.05, 0.1) is 10.6 Å². The van der Waals surface area contributed by atoms with Crippen LogP contribution in [0.1, 0.15) is 0 Å². The molecule has 0 aliphatic rings. The third-order valence-electron chi connectivity index (χ3n) is 2.37. The molecular weight excluding hydrogens is 278 g/mol. The standard InChI is InChI=1S/C12H7ClF2N2O2/c13-7-4-5-8(14)11(6-7)16-10-3-1-2-9(15)12(10)17(18)19/h1-6,16H. The Morgan fingerprint density at radius 2 is 1.84 bits per heavy atom. The summed E-state index contributed by atoms with van der Waals surface area (Å²) in [7, 11) is 0. The molecule has 0 saturated heterocycles. The highest BCUT2D eigenvalue weighted by atomic mass is 35.5. The maximum absolute atomic E-state index is 13.5. The summed E-state index contributed by atoms with van der Waals surface area (Å²) in [6.45, 7) is 0. The molecule has 0 fully saturated rings. The molecule has 2 rings (SSSR count). The fourth-order valence-corrected chi connectivity index (χ4v) is 1.71. The summed E-state index contributed by atoms with van der Waals surface area (Å²) in [6, 6.07) is 7.22. The van der Waals surface area contributed by atoms with Gasteiger partial charge in [-0.15, -0.1) is 0 Å². The number of hydrogen-bond donors (Lipinski definition) is 1. The predicted molar refractivity (Wildman–Crippen MR) is 67.7 cm³/mol. The lowest BCUT2D eigenvalue weighted by Crippen LogP contribution is -2.00. The number of nitrogens with zero attached hydrogens (tertiary/aromatic N) is 1. The Labute approximate surface area is 111 Å². The molecule has 0 aliphatic heterocycles. The van der Waals surface area contributed by atoms with Crippen molar-refractivity contribution in [3.63, 3.8) is 0 Å². The Bertz CT molecular complexity index is 650. The van der Waals surface area contributed by atoms with Crippen LogP contribution in [0.2, 0.25) is 5.02 Å². The fraction of sp³-hybridized carbons (Fsp3) is 0. The van der Waals surface area contributed by atoms with Gasteiger partial charge in [0.2, 0.25) is 5.82 Å². The van der Waals surface area contributed by atoms with E-state index in [1.54, 1.807) is 0 Å². The maximum Gasteiger partial charge on any atom is 0.327 e. The number of benzene rings is 2. The molecule has 0 radical (unpaired) electrons. The van der Waals surface area contributed by atoms with Crippen LogP contribution in [0.3, 0.4) is 0 Å². The molecular formula is C12H7ClF2N2O2. The minimum absolute atomic E-state index is 0.0683. The van der Waals surface area contributed by atoms with Crippen molar-refractivity contribution < 1.29 is 13.7 Å². The van der Waals surface area contributed by atoms with E-state index in [0.29, 0.717) is 0 Å². The number of rotatable bonds is 3. The summed E-state index contributed by atoms with van der Waals surface area (Å²) in [5.41, 5.74) is -0.964. The van der Waals surface area contributed by atoms with Crippen molar-refractivity contribution in [2.75, 3.05) is 5.32 Å². The number of anilines is 2. The first-order valence-electron chi connectivity index (χ1n) is 5.14. The minimum Gasteiger partial charge on any atom is -0.347 e. The van der Waals surface area contributed by atoms with E-state index in [2.05, 4.69) is 5.32 Å². The summed E-state index contributed by atoms with van der Waals surface area (Å²) < 4.78 is 26.9. The summed E-state index contributed by atoms with van der Waals surface area (Å²) in [5.74, 6) is -1.65. The number of nitrogens with one attached hydrogen (secondary N) is 1. The monoisotopic (exact) mass is 284 g/mol. The third kappa shape index (κ3) is 2.79. The molecule has 0 aliphatic carbocycles. The van der Waals surface area contributed by atoms with Gasteiger partial charge in [-0.25, -0.2) is 4.39 Å². The van der Waals surface area contributed by atoms with Crippen molar-refractivity contribution in [3.05, 3.63) is 63.2 Å². The van der Waals surface area contributed by atoms with E-state index in [4.69, 9.17) is 11.6 Å². The zero-order valence-corrected chi connectivity index (χ0v) is 10.1. The molecule has 0 spiro atoms. The van der Waals surface area contributed by atoms with Crippen LogP contribution in [-0.2, 0) is 0 Å². The zero-order chi connectivity index (χ0) is 14.0. The average molecular weight is 285 g/mol. The van der Waals surface area contributed by atoms with Gasteiger partial charge in [-0.1, -0.05) is 17.7 Å².